The lowest BCUT2D eigenvalue weighted by Gasteiger charge is -2.17. The Labute approximate surface area is 139 Å². The third-order valence-electron chi connectivity index (χ3n) is 3.92. The van der Waals surface area contributed by atoms with Crippen LogP contribution in [0, 0.1) is 5.82 Å². The second-order valence-corrected chi connectivity index (χ2v) is 5.53. The molecule has 0 saturated carbocycles. The fraction of sp³-hybridized carbons (Fsp3) is 0.222. The van der Waals surface area contributed by atoms with Crippen molar-refractivity contribution >= 4 is 18.0 Å². The molecule has 0 aromatic heterocycles. The molecule has 2 aromatic rings. The number of amides is 2. The summed E-state index contributed by atoms with van der Waals surface area (Å²) in [6.45, 7) is 0.832. The largest absolute Gasteiger partial charge is 0.489 e. The van der Waals surface area contributed by atoms with Gasteiger partial charge < -0.3 is 15.0 Å². The molecule has 3 rings (SSSR count). The van der Waals surface area contributed by atoms with Crippen molar-refractivity contribution in [1.29, 1.82) is 0 Å². The van der Waals surface area contributed by atoms with Crippen LogP contribution in [-0.2, 0) is 16.2 Å². The molecule has 6 heteroatoms. The van der Waals surface area contributed by atoms with Gasteiger partial charge in [0.1, 0.15) is 24.2 Å². The quantitative estimate of drug-likeness (QED) is 0.828. The Bertz CT molecular complexity index is 733. The van der Waals surface area contributed by atoms with Crippen molar-refractivity contribution in [3.05, 3.63) is 59.9 Å². The van der Waals surface area contributed by atoms with Crippen molar-refractivity contribution < 1.29 is 18.7 Å². The molecule has 1 fully saturated rings. The smallest absolute Gasteiger partial charge is 0.249 e. The number of halogens is 1. The SMILES string of the molecule is O=CN[C@H]1CCN(c2ccc(OCc3cccc(F)c3)cc2)C1=O. The minimum Gasteiger partial charge on any atom is -0.489 e. The molecular weight excluding hydrogens is 311 g/mol. The van der Waals surface area contributed by atoms with Crippen LogP contribution in [-0.4, -0.2) is 24.9 Å². The van der Waals surface area contributed by atoms with E-state index in [0.717, 1.165) is 11.3 Å². The fourth-order valence-electron chi connectivity index (χ4n) is 2.69. The third kappa shape index (κ3) is 3.53. The Balaban J connectivity index is 1.61. The minimum absolute atomic E-state index is 0.115. The number of carbonyl (C=O) groups excluding carboxylic acids is 2. The van der Waals surface area contributed by atoms with E-state index < -0.39 is 6.04 Å². The van der Waals surface area contributed by atoms with Crippen LogP contribution in [0.4, 0.5) is 10.1 Å². The van der Waals surface area contributed by atoms with Crippen LogP contribution in [0.3, 0.4) is 0 Å². The van der Waals surface area contributed by atoms with Crippen LogP contribution in [0.1, 0.15) is 12.0 Å². The summed E-state index contributed by atoms with van der Waals surface area (Å²) in [7, 11) is 0. The maximum atomic E-state index is 13.1. The van der Waals surface area contributed by atoms with Gasteiger partial charge in [0, 0.05) is 12.2 Å². The zero-order valence-corrected chi connectivity index (χ0v) is 12.9. The number of nitrogens with one attached hydrogen (secondary N) is 1. The van der Waals surface area contributed by atoms with E-state index >= 15 is 0 Å². The molecule has 1 N–H and O–H groups in total. The molecule has 0 bridgehead atoms. The summed E-state index contributed by atoms with van der Waals surface area (Å²) in [5, 5.41) is 2.52. The highest BCUT2D eigenvalue weighted by Crippen LogP contribution is 2.24. The van der Waals surface area contributed by atoms with Crippen LogP contribution in [0.5, 0.6) is 5.75 Å². The van der Waals surface area contributed by atoms with Crippen molar-refractivity contribution in [2.75, 3.05) is 11.4 Å². The lowest BCUT2D eigenvalue weighted by molar-refractivity contribution is -0.121. The number of hydrogen-bond acceptors (Lipinski definition) is 3. The van der Waals surface area contributed by atoms with Gasteiger partial charge in [-0.1, -0.05) is 12.1 Å². The van der Waals surface area contributed by atoms with Gasteiger partial charge in [-0.05, 0) is 48.4 Å². The average Bonchev–Trinajstić information content (AvgIpc) is 2.95. The Morgan fingerprint density at radius 3 is 2.75 bits per heavy atom. The number of benzene rings is 2. The van der Waals surface area contributed by atoms with Gasteiger partial charge in [-0.3, -0.25) is 9.59 Å². The molecule has 2 aromatic carbocycles. The molecule has 124 valence electrons. The van der Waals surface area contributed by atoms with Crippen molar-refractivity contribution in [2.45, 2.75) is 19.1 Å². The number of ether oxygens (including phenoxy) is 1. The first-order chi connectivity index (χ1) is 11.7. The predicted octanol–water partition coefficient (Wildman–Crippen LogP) is 2.26. The molecule has 0 unspecified atom stereocenters. The topological polar surface area (TPSA) is 58.6 Å². The monoisotopic (exact) mass is 328 g/mol. The fourth-order valence-corrected chi connectivity index (χ4v) is 2.69. The van der Waals surface area contributed by atoms with E-state index in [1.165, 1.54) is 12.1 Å². The number of carbonyl (C=O) groups is 2. The standard InChI is InChI=1S/C18H17FN2O3/c19-14-3-1-2-13(10-14)11-24-16-6-4-15(5-7-16)21-9-8-17(18(21)23)20-12-22/h1-7,10,12,17H,8-9,11H2,(H,20,22)/t17-/m0/s1. The van der Waals surface area contributed by atoms with E-state index in [1.54, 1.807) is 41.3 Å². The first kappa shape index (κ1) is 16.0. The minimum atomic E-state index is -0.452. The predicted molar refractivity (Wildman–Crippen MR) is 87.1 cm³/mol. The third-order valence-corrected chi connectivity index (χ3v) is 3.92. The van der Waals surface area contributed by atoms with Gasteiger partial charge in [0.2, 0.25) is 12.3 Å². The highest BCUT2D eigenvalue weighted by molar-refractivity contribution is 6.00. The van der Waals surface area contributed by atoms with E-state index in [0.29, 0.717) is 25.1 Å². The maximum Gasteiger partial charge on any atom is 0.249 e. The zero-order chi connectivity index (χ0) is 16.9. The highest BCUT2D eigenvalue weighted by atomic mass is 19.1. The number of anilines is 1. The molecule has 1 heterocycles. The number of nitrogens with zero attached hydrogens (tertiary/aromatic N) is 1. The van der Waals surface area contributed by atoms with Gasteiger partial charge in [-0.15, -0.1) is 0 Å². The van der Waals surface area contributed by atoms with Gasteiger partial charge in [0.15, 0.2) is 0 Å². The van der Waals surface area contributed by atoms with Crippen LogP contribution in [0.25, 0.3) is 0 Å². The highest BCUT2D eigenvalue weighted by Gasteiger charge is 2.31. The van der Waals surface area contributed by atoms with Crippen molar-refractivity contribution in [1.82, 2.24) is 5.32 Å². The summed E-state index contributed by atoms with van der Waals surface area (Å²) in [6.07, 6.45) is 1.14. The molecule has 0 radical (unpaired) electrons. The van der Waals surface area contributed by atoms with Crippen LogP contribution >= 0.6 is 0 Å². The summed E-state index contributed by atoms with van der Waals surface area (Å²) in [4.78, 5) is 24.3. The molecule has 1 saturated heterocycles. The Hall–Kier alpha value is -2.89. The van der Waals surface area contributed by atoms with E-state index in [2.05, 4.69) is 5.32 Å². The Morgan fingerprint density at radius 2 is 2.04 bits per heavy atom. The second-order valence-electron chi connectivity index (χ2n) is 5.53. The van der Waals surface area contributed by atoms with Crippen LogP contribution in [0.15, 0.2) is 48.5 Å². The lowest BCUT2D eigenvalue weighted by atomic mass is 10.2. The normalized spacial score (nSPS) is 17.0. The van der Waals surface area contributed by atoms with Crippen LogP contribution in [0.2, 0.25) is 0 Å². The van der Waals surface area contributed by atoms with Gasteiger partial charge in [-0.2, -0.15) is 0 Å². The zero-order valence-electron chi connectivity index (χ0n) is 12.9. The molecule has 0 spiro atoms. The second kappa shape index (κ2) is 7.12. The molecule has 5 nitrogen and oxygen atoms in total. The first-order valence-corrected chi connectivity index (χ1v) is 7.66. The van der Waals surface area contributed by atoms with Gasteiger partial charge in [-0.25, -0.2) is 4.39 Å². The van der Waals surface area contributed by atoms with Gasteiger partial charge in [0.25, 0.3) is 0 Å². The molecule has 2 amide bonds. The van der Waals surface area contributed by atoms with Gasteiger partial charge >= 0.3 is 0 Å². The van der Waals surface area contributed by atoms with Crippen LogP contribution < -0.4 is 15.0 Å². The van der Waals surface area contributed by atoms with Gasteiger partial charge in [0.05, 0.1) is 0 Å². The molecule has 1 aliphatic heterocycles. The summed E-state index contributed by atoms with van der Waals surface area (Å²) >= 11 is 0. The lowest BCUT2D eigenvalue weighted by Crippen LogP contribution is -2.37. The summed E-state index contributed by atoms with van der Waals surface area (Å²) in [5.74, 6) is 0.227. The summed E-state index contributed by atoms with van der Waals surface area (Å²) in [5.41, 5.74) is 1.50. The van der Waals surface area contributed by atoms with Crippen molar-refractivity contribution in [3.8, 4) is 5.75 Å². The molecule has 0 aliphatic carbocycles. The van der Waals surface area contributed by atoms with E-state index in [1.807, 2.05) is 0 Å². The van der Waals surface area contributed by atoms with E-state index in [9.17, 15) is 14.0 Å². The Morgan fingerprint density at radius 1 is 1.25 bits per heavy atom. The van der Waals surface area contributed by atoms with E-state index in [-0.39, 0.29) is 18.3 Å². The number of rotatable bonds is 6. The average molecular weight is 328 g/mol. The van der Waals surface area contributed by atoms with E-state index in [4.69, 9.17) is 4.74 Å². The molecule has 1 aliphatic rings. The Kier molecular flexibility index (Phi) is 4.74. The summed E-state index contributed by atoms with van der Waals surface area (Å²) in [6, 6.07) is 12.9. The summed E-state index contributed by atoms with van der Waals surface area (Å²) < 4.78 is 18.7. The number of hydrogen-bond donors (Lipinski definition) is 1. The molecular formula is C18H17FN2O3. The molecule has 1 atom stereocenters. The van der Waals surface area contributed by atoms with Crippen molar-refractivity contribution in [3.63, 3.8) is 0 Å². The van der Waals surface area contributed by atoms with Crippen molar-refractivity contribution in [2.24, 2.45) is 0 Å². The maximum absolute atomic E-state index is 13.1. The molecule has 24 heavy (non-hydrogen) atoms. The first-order valence-electron chi connectivity index (χ1n) is 7.66.